The molecule has 2 aromatic carbocycles. The number of nitrogens with one attached hydrogen (secondary N) is 2. The summed E-state index contributed by atoms with van der Waals surface area (Å²) in [6.07, 6.45) is 0. The Hall–Kier alpha value is -2.21. The molecule has 0 unspecified atom stereocenters. The molecule has 3 rings (SSSR count). The maximum Gasteiger partial charge on any atom is 0.243 e. The fourth-order valence-electron chi connectivity index (χ4n) is 2.11. The number of rotatable bonds is 4. The van der Waals surface area contributed by atoms with Gasteiger partial charge in [0.2, 0.25) is 5.91 Å². The molecule has 1 amide bonds. The van der Waals surface area contributed by atoms with E-state index < -0.39 is 0 Å². The lowest BCUT2D eigenvalue weighted by molar-refractivity contribution is -0.114. The SMILES string of the molecule is O=C(CNc1cccc(Br)c1)Nc1ccc2c(c1)OCCO2. The Morgan fingerprint density at radius 1 is 1.05 bits per heavy atom. The summed E-state index contributed by atoms with van der Waals surface area (Å²) in [5, 5.41) is 5.90. The van der Waals surface area contributed by atoms with Gasteiger partial charge in [-0.05, 0) is 30.3 Å². The zero-order valence-electron chi connectivity index (χ0n) is 11.8. The van der Waals surface area contributed by atoms with E-state index in [1.807, 2.05) is 24.3 Å². The third kappa shape index (κ3) is 3.71. The number of carbonyl (C=O) groups is 1. The summed E-state index contributed by atoms with van der Waals surface area (Å²) in [5.74, 6) is 1.23. The van der Waals surface area contributed by atoms with Crippen molar-refractivity contribution in [2.24, 2.45) is 0 Å². The second-order valence-corrected chi connectivity index (χ2v) is 5.69. The lowest BCUT2D eigenvalue weighted by Crippen LogP contribution is -2.22. The normalized spacial score (nSPS) is 12.6. The lowest BCUT2D eigenvalue weighted by Gasteiger charge is -2.19. The maximum atomic E-state index is 12.0. The van der Waals surface area contributed by atoms with Crippen LogP contribution in [0, 0.1) is 0 Å². The molecule has 0 fully saturated rings. The Kier molecular flexibility index (Phi) is 4.48. The Labute approximate surface area is 136 Å². The van der Waals surface area contributed by atoms with Crippen LogP contribution in [-0.2, 0) is 4.79 Å². The quantitative estimate of drug-likeness (QED) is 0.876. The van der Waals surface area contributed by atoms with Crippen LogP contribution in [0.2, 0.25) is 0 Å². The van der Waals surface area contributed by atoms with Crippen molar-refractivity contribution in [2.75, 3.05) is 30.4 Å². The molecule has 0 saturated heterocycles. The minimum absolute atomic E-state index is 0.128. The van der Waals surface area contributed by atoms with E-state index in [1.54, 1.807) is 18.2 Å². The second-order valence-electron chi connectivity index (χ2n) is 4.77. The summed E-state index contributed by atoms with van der Waals surface area (Å²) in [6, 6.07) is 13.0. The monoisotopic (exact) mass is 362 g/mol. The second kappa shape index (κ2) is 6.70. The molecule has 6 heteroatoms. The van der Waals surface area contributed by atoms with E-state index in [4.69, 9.17) is 9.47 Å². The van der Waals surface area contributed by atoms with Crippen molar-refractivity contribution in [2.45, 2.75) is 0 Å². The van der Waals surface area contributed by atoms with Crippen LogP contribution < -0.4 is 20.1 Å². The summed E-state index contributed by atoms with van der Waals surface area (Å²) in [4.78, 5) is 12.0. The third-order valence-corrected chi connectivity index (χ3v) is 3.60. The molecule has 2 N–H and O–H groups in total. The third-order valence-electron chi connectivity index (χ3n) is 3.10. The van der Waals surface area contributed by atoms with Gasteiger partial charge in [0, 0.05) is 21.9 Å². The van der Waals surface area contributed by atoms with Crippen LogP contribution >= 0.6 is 15.9 Å². The van der Waals surface area contributed by atoms with Gasteiger partial charge in [0.25, 0.3) is 0 Å². The molecular weight excluding hydrogens is 348 g/mol. The number of anilines is 2. The van der Waals surface area contributed by atoms with Crippen LogP contribution in [0.5, 0.6) is 11.5 Å². The molecule has 0 spiro atoms. The minimum atomic E-state index is -0.128. The molecule has 0 atom stereocenters. The van der Waals surface area contributed by atoms with Crippen molar-refractivity contribution >= 4 is 33.2 Å². The van der Waals surface area contributed by atoms with Crippen molar-refractivity contribution in [1.82, 2.24) is 0 Å². The van der Waals surface area contributed by atoms with Gasteiger partial charge in [-0.1, -0.05) is 22.0 Å². The molecule has 0 saturated carbocycles. The summed E-state index contributed by atoms with van der Waals surface area (Å²) in [6.45, 7) is 1.26. The van der Waals surface area contributed by atoms with Gasteiger partial charge < -0.3 is 20.1 Å². The molecule has 0 aromatic heterocycles. The van der Waals surface area contributed by atoms with Crippen molar-refractivity contribution in [3.8, 4) is 11.5 Å². The molecule has 1 aliphatic rings. The van der Waals surface area contributed by atoms with E-state index in [-0.39, 0.29) is 12.5 Å². The van der Waals surface area contributed by atoms with Crippen LogP contribution in [0.4, 0.5) is 11.4 Å². The summed E-state index contributed by atoms with van der Waals surface area (Å²) in [7, 11) is 0. The molecule has 5 nitrogen and oxygen atoms in total. The highest BCUT2D eigenvalue weighted by Crippen LogP contribution is 2.32. The Balaban J connectivity index is 1.57. The highest BCUT2D eigenvalue weighted by Gasteiger charge is 2.12. The first-order valence-corrected chi connectivity index (χ1v) is 7.69. The zero-order valence-corrected chi connectivity index (χ0v) is 13.4. The standard InChI is InChI=1S/C16H15BrN2O3/c17-11-2-1-3-12(8-11)18-10-16(20)19-13-4-5-14-15(9-13)22-7-6-21-14/h1-5,8-9,18H,6-7,10H2,(H,19,20). The molecule has 0 bridgehead atoms. The van der Waals surface area contributed by atoms with E-state index >= 15 is 0 Å². The minimum Gasteiger partial charge on any atom is -0.486 e. The van der Waals surface area contributed by atoms with Crippen LogP contribution in [0.1, 0.15) is 0 Å². The number of hydrogen-bond donors (Lipinski definition) is 2. The molecule has 0 radical (unpaired) electrons. The average molecular weight is 363 g/mol. The number of halogens is 1. The molecule has 114 valence electrons. The van der Waals surface area contributed by atoms with Gasteiger partial charge in [-0.3, -0.25) is 4.79 Å². The Morgan fingerprint density at radius 3 is 2.68 bits per heavy atom. The number of amides is 1. The van der Waals surface area contributed by atoms with Crippen LogP contribution in [0.15, 0.2) is 46.9 Å². The predicted molar refractivity (Wildman–Crippen MR) is 88.7 cm³/mol. The molecule has 2 aromatic rings. The van der Waals surface area contributed by atoms with E-state index in [0.717, 1.165) is 10.2 Å². The highest BCUT2D eigenvalue weighted by molar-refractivity contribution is 9.10. The topological polar surface area (TPSA) is 59.6 Å². The van der Waals surface area contributed by atoms with Crippen molar-refractivity contribution in [3.63, 3.8) is 0 Å². The van der Waals surface area contributed by atoms with E-state index in [2.05, 4.69) is 26.6 Å². The lowest BCUT2D eigenvalue weighted by atomic mass is 10.2. The Morgan fingerprint density at radius 2 is 1.86 bits per heavy atom. The molecule has 0 aliphatic carbocycles. The number of hydrogen-bond acceptors (Lipinski definition) is 4. The highest BCUT2D eigenvalue weighted by atomic mass is 79.9. The van der Waals surface area contributed by atoms with Gasteiger partial charge in [-0.25, -0.2) is 0 Å². The first-order valence-electron chi connectivity index (χ1n) is 6.90. The molecule has 1 aliphatic heterocycles. The first-order chi connectivity index (χ1) is 10.7. The summed E-state index contributed by atoms with van der Waals surface area (Å²) >= 11 is 3.39. The Bertz CT molecular complexity index is 691. The fourth-order valence-corrected chi connectivity index (χ4v) is 2.51. The average Bonchev–Trinajstić information content (AvgIpc) is 2.53. The van der Waals surface area contributed by atoms with Gasteiger partial charge in [-0.2, -0.15) is 0 Å². The molecule has 22 heavy (non-hydrogen) atoms. The predicted octanol–water partition coefficient (Wildman–Crippen LogP) is 3.27. The van der Waals surface area contributed by atoms with Crippen LogP contribution in [0.25, 0.3) is 0 Å². The van der Waals surface area contributed by atoms with Crippen LogP contribution in [0.3, 0.4) is 0 Å². The van der Waals surface area contributed by atoms with Gasteiger partial charge in [0.1, 0.15) is 13.2 Å². The van der Waals surface area contributed by atoms with Crippen molar-refractivity contribution in [1.29, 1.82) is 0 Å². The van der Waals surface area contributed by atoms with Crippen molar-refractivity contribution < 1.29 is 14.3 Å². The van der Waals surface area contributed by atoms with Gasteiger partial charge >= 0.3 is 0 Å². The number of fused-ring (bicyclic) bond motifs is 1. The maximum absolute atomic E-state index is 12.0. The summed E-state index contributed by atoms with van der Waals surface area (Å²) in [5.41, 5.74) is 1.57. The van der Waals surface area contributed by atoms with Crippen molar-refractivity contribution in [3.05, 3.63) is 46.9 Å². The van der Waals surface area contributed by atoms with Gasteiger partial charge in [0.05, 0.1) is 6.54 Å². The first kappa shape index (κ1) is 14.7. The largest absolute Gasteiger partial charge is 0.486 e. The summed E-state index contributed by atoms with van der Waals surface area (Å²) < 4.78 is 11.9. The molecule has 1 heterocycles. The van der Waals surface area contributed by atoms with E-state index in [9.17, 15) is 4.79 Å². The number of benzene rings is 2. The number of ether oxygens (including phenoxy) is 2. The van der Waals surface area contributed by atoms with Crippen LogP contribution in [-0.4, -0.2) is 25.7 Å². The smallest absolute Gasteiger partial charge is 0.243 e. The number of carbonyl (C=O) groups excluding carboxylic acids is 1. The van der Waals surface area contributed by atoms with E-state index in [1.165, 1.54) is 0 Å². The molecular formula is C16H15BrN2O3. The zero-order chi connectivity index (χ0) is 15.4. The van der Waals surface area contributed by atoms with Gasteiger partial charge in [-0.15, -0.1) is 0 Å². The van der Waals surface area contributed by atoms with Gasteiger partial charge in [0.15, 0.2) is 11.5 Å². The van der Waals surface area contributed by atoms with E-state index in [0.29, 0.717) is 30.4 Å². The fraction of sp³-hybridized carbons (Fsp3) is 0.188.